The van der Waals surface area contributed by atoms with Crippen molar-refractivity contribution in [2.24, 2.45) is 5.92 Å². The Kier molecular flexibility index (Phi) is 4.79. The second-order valence-corrected chi connectivity index (χ2v) is 9.48. The van der Waals surface area contributed by atoms with Crippen LogP contribution in [0.3, 0.4) is 0 Å². The van der Waals surface area contributed by atoms with Crippen LogP contribution in [0.25, 0.3) is 21.8 Å². The zero-order valence-corrected chi connectivity index (χ0v) is 19.3. The van der Waals surface area contributed by atoms with Gasteiger partial charge in [-0.2, -0.15) is 0 Å². The van der Waals surface area contributed by atoms with Crippen molar-refractivity contribution in [3.8, 4) is 5.75 Å². The second kappa shape index (κ2) is 7.84. The largest absolute Gasteiger partial charge is 0.487 e. The molecule has 1 aliphatic carbocycles. The number of fused-ring (bicyclic) bond motifs is 6. The molecule has 166 valence electrons. The van der Waals surface area contributed by atoms with Crippen LogP contribution in [0.2, 0.25) is 0 Å². The Balaban J connectivity index is 1.47. The first kappa shape index (κ1) is 20.2. The van der Waals surface area contributed by atoms with Crippen LogP contribution >= 0.6 is 0 Å². The van der Waals surface area contributed by atoms with Crippen LogP contribution < -0.4 is 10.1 Å². The highest BCUT2D eigenvalue weighted by Gasteiger charge is 2.39. The van der Waals surface area contributed by atoms with Crippen LogP contribution in [0.1, 0.15) is 43.4 Å². The van der Waals surface area contributed by atoms with E-state index in [2.05, 4.69) is 96.2 Å². The molecule has 3 aromatic carbocycles. The minimum atomic E-state index is 0.236. The fourth-order valence-corrected chi connectivity index (χ4v) is 5.85. The zero-order valence-electron chi connectivity index (χ0n) is 19.3. The van der Waals surface area contributed by atoms with Crippen molar-refractivity contribution in [1.29, 1.82) is 0 Å². The van der Waals surface area contributed by atoms with Gasteiger partial charge in [-0.15, -0.1) is 0 Å². The van der Waals surface area contributed by atoms with Gasteiger partial charge in [0.2, 0.25) is 0 Å². The second-order valence-electron chi connectivity index (χ2n) is 9.48. The molecule has 1 aliphatic heterocycles. The number of ether oxygens (including phenoxy) is 1. The molecule has 1 N–H and O–H groups in total. The van der Waals surface area contributed by atoms with E-state index in [0.29, 0.717) is 18.4 Å². The van der Waals surface area contributed by atoms with Crippen molar-refractivity contribution in [3.05, 3.63) is 96.1 Å². The maximum absolute atomic E-state index is 6.15. The first-order chi connectivity index (χ1) is 16.2. The Morgan fingerprint density at radius 2 is 1.91 bits per heavy atom. The van der Waals surface area contributed by atoms with Crippen molar-refractivity contribution in [1.82, 2.24) is 4.57 Å². The lowest BCUT2D eigenvalue weighted by atomic mass is 9.76. The van der Waals surface area contributed by atoms with E-state index in [4.69, 9.17) is 4.74 Å². The highest BCUT2D eigenvalue weighted by molar-refractivity contribution is 6.08. The van der Waals surface area contributed by atoms with Gasteiger partial charge in [-0.1, -0.05) is 55.1 Å². The number of para-hydroxylation sites is 2. The van der Waals surface area contributed by atoms with Crippen LogP contribution in [0.15, 0.2) is 85.0 Å². The quantitative estimate of drug-likeness (QED) is 0.327. The average molecular weight is 435 g/mol. The highest BCUT2D eigenvalue weighted by atomic mass is 16.5. The summed E-state index contributed by atoms with van der Waals surface area (Å²) in [5.41, 5.74) is 7.47. The lowest BCUT2D eigenvalue weighted by Gasteiger charge is -2.38. The Morgan fingerprint density at radius 3 is 2.76 bits per heavy atom. The van der Waals surface area contributed by atoms with Crippen molar-refractivity contribution < 1.29 is 4.74 Å². The summed E-state index contributed by atoms with van der Waals surface area (Å²) >= 11 is 0. The molecular weight excluding hydrogens is 404 g/mol. The molecule has 0 bridgehead atoms. The molecule has 2 heterocycles. The van der Waals surface area contributed by atoms with E-state index < -0.39 is 0 Å². The SMILES string of the molecule is C=C(C)COc1cccc2c1NC(c1ccc3c(c1)c1ccccc1n3CC)C1CC=CC21. The van der Waals surface area contributed by atoms with Crippen LogP contribution in [0.4, 0.5) is 5.69 Å². The molecular formula is C30H30N2O. The predicted octanol–water partition coefficient (Wildman–Crippen LogP) is 7.60. The third-order valence-electron chi connectivity index (χ3n) is 7.30. The molecule has 3 unspecified atom stereocenters. The van der Waals surface area contributed by atoms with Crippen molar-refractivity contribution in [3.63, 3.8) is 0 Å². The number of allylic oxidation sites excluding steroid dienone is 2. The van der Waals surface area contributed by atoms with E-state index in [1.165, 1.54) is 32.9 Å². The smallest absolute Gasteiger partial charge is 0.143 e. The molecule has 0 saturated heterocycles. The minimum absolute atomic E-state index is 0.236. The summed E-state index contributed by atoms with van der Waals surface area (Å²) in [5.74, 6) is 1.83. The first-order valence-electron chi connectivity index (χ1n) is 12.0. The monoisotopic (exact) mass is 434 g/mol. The van der Waals surface area contributed by atoms with Gasteiger partial charge in [-0.3, -0.25) is 0 Å². The van der Waals surface area contributed by atoms with E-state index in [1.807, 2.05) is 6.92 Å². The molecule has 0 spiro atoms. The first-order valence-corrected chi connectivity index (χ1v) is 12.0. The number of nitrogens with zero attached hydrogens (tertiary/aromatic N) is 1. The van der Waals surface area contributed by atoms with Crippen molar-refractivity contribution in [2.45, 2.75) is 38.8 Å². The van der Waals surface area contributed by atoms with Gasteiger partial charge in [0.25, 0.3) is 0 Å². The summed E-state index contributed by atoms with van der Waals surface area (Å²) in [7, 11) is 0. The van der Waals surface area contributed by atoms with Gasteiger partial charge < -0.3 is 14.6 Å². The molecule has 3 atom stereocenters. The highest BCUT2D eigenvalue weighted by Crippen LogP contribution is 2.52. The predicted molar refractivity (Wildman–Crippen MR) is 138 cm³/mol. The Hall–Kier alpha value is -3.46. The van der Waals surface area contributed by atoms with Gasteiger partial charge in [0.15, 0.2) is 0 Å². The number of hydrogen-bond acceptors (Lipinski definition) is 2. The zero-order chi connectivity index (χ0) is 22.5. The number of nitrogens with one attached hydrogen (secondary N) is 1. The molecule has 0 fully saturated rings. The Morgan fingerprint density at radius 1 is 1.06 bits per heavy atom. The normalized spacial score (nSPS) is 21.1. The van der Waals surface area contributed by atoms with Crippen LogP contribution in [-0.4, -0.2) is 11.2 Å². The Bertz CT molecular complexity index is 1410. The van der Waals surface area contributed by atoms with E-state index in [1.54, 1.807) is 0 Å². The number of hydrogen-bond donors (Lipinski definition) is 1. The number of rotatable bonds is 5. The van der Waals surface area contributed by atoms with Crippen molar-refractivity contribution in [2.75, 3.05) is 11.9 Å². The fourth-order valence-electron chi connectivity index (χ4n) is 5.85. The molecule has 0 amide bonds. The topological polar surface area (TPSA) is 26.2 Å². The lowest BCUT2D eigenvalue weighted by molar-refractivity contribution is 0.348. The summed E-state index contributed by atoms with van der Waals surface area (Å²) in [4.78, 5) is 0. The van der Waals surface area contributed by atoms with E-state index in [0.717, 1.165) is 30.0 Å². The van der Waals surface area contributed by atoms with Crippen LogP contribution in [0.5, 0.6) is 5.75 Å². The maximum atomic E-state index is 6.15. The number of benzene rings is 3. The summed E-state index contributed by atoms with van der Waals surface area (Å²) in [6, 6.07) is 22.5. The minimum Gasteiger partial charge on any atom is -0.487 e. The summed E-state index contributed by atoms with van der Waals surface area (Å²) in [5, 5.41) is 6.58. The summed E-state index contributed by atoms with van der Waals surface area (Å²) in [6.07, 6.45) is 5.83. The van der Waals surface area contributed by atoms with Gasteiger partial charge in [0.1, 0.15) is 12.4 Å². The van der Waals surface area contributed by atoms with Gasteiger partial charge >= 0.3 is 0 Å². The maximum Gasteiger partial charge on any atom is 0.143 e. The standard InChI is InChI=1S/C30H30N2O/c1-4-32-26-13-6-5-9-22(26)25-17-20(15-16-27(25)32)29-23-11-7-10-21(23)24-12-8-14-28(30(24)31-29)33-18-19(2)3/h5-10,12-17,21,23,29,31H,2,4,11,18H2,1,3H3. The number of anilines is 1. The molecule has 3 nitrogen and oxygen atoms in total. The molecule has 1 aromatic heterocycles. The van der Waals surface area contributed by atoms with E-state index in [-0.39, 0.29) is 6.04 Å². The average Bonchev–Trinajstić information content (AvgIpc) is 3.45. The molecule has 2 aliphatic rings. The lowest BCUT2D eigenvalue weighted by Crippen LogP contribution is -2.29. The molecule has 33 heavy (non-hydrogen) atoms. The van der Waals surface area contributed by atoms with Gasteiger partial charge in [-0.05, 0) is 67.2 Å². The van der Waals surface area contributed by atoms with Gasteiger partial charge in [0.05, 0.1) is 11.7 Å². The van der Waals surface area contributed by atoms with E-state index >= 15 is 0 Å². The fraction of sp³-hybridized carbons (Fsp3) is 0.267. The molecule has 0 radical (unpaired) electrons. The van der Waals surface area contributed by atoms with E-state index in [9.17, 15) is 0 Å². The molecule has 4 aromatic rings. The molecule has 0 saturated carbocycles. The molecule has 3 heteroatoms. The summed E-state index contributed by atoms with van der Waals surface area (Å²) in [6.45, 7) is 9.73. The van der Waals surface area contributed by atoms with Crippen molar-refractivity contribution >= 4 is 27.5 Å². The number of aromatic nitrogens is 1. The summed E-state index contributed by atoms with van der Waals surface area (Å²) < 4.78 is 8.57. The molecule has 6 rings (SSSR count). The third kappa shape index (κ3) is 3.18. The van der Waals surface area contributed by atoms with Crippen LogP contribution in [0, 0.1) is 5.92 Å². The number of aryl methyl sites for hydroxylation is 1. The third-order valence-corrected chi connectivity index (χ3v) is 7.30. The van der Waals surface area contributed by atoms with Gasteiger partial charge in [0, 0.05) is 34.3 Å². The van der Waals surface area contributed by atoms with Gasteiger partial charge in [-0.25, -0.2) is 0 Å². The van der Waals surface area contributed by atoms with Crippen LogP contribution in [-0.2, 0) is 6.54 Å². The Labute approximate surface area is 195 Å².